The molecule has 1 atom stereocenters. The van der Waals surface area contributed by atoms with E-state index < -0.39 is 10.0 Å². The highest BCUT2D eigenvalue weighted by molar-refractivity contribution is 7.89. The van der Waals surface area contributed by atoms with Gasteiger partial charge in [-0.15, -0.1) is 0 Å². The van der Waals surface area contributed by atoms with E-state index in [-0.39, 0.29) is 17.5 Å². The third kappa shape index (κ3) is 4.08. The topological polar surface area (TPSA) is 66.4 Å². The minimum absolute atomic E-state index is 0.0298. The number of nitrogens with one attached hydrogen (secondary N) is 1. The molecule has 18 heavy (non-hydrogen) atoms. The second-order valence-electron chi connectivity index (χ2n) is 4.32. The molecule has 0 radical (unpaired) electrons. The van der Waals surface area contributed by atoms with Gasteiger partial charge in [0.2, 0.25) is 10.0 Å². The van der Waals surface area contributed by atoms with Crippen LogP contribution in [0.25, 0.3) is 0 Å². The van der Waals surface area contributed by atoms with E-state index in [1.807, 2.05) is 13.8 Å². The van der Waals surface area contributed by atoms with E-state index in [0.29, 0.717) is 5.56 Å². The molecule has 0 amide bonds. The summed E-state index contributed by atoms with van der Waals surface area (Å²) in [5.41, 5.74) is 0.599. The Morgan fingerprint density at radius 2 is 2.06 bits per heavy atom. The van der Waals surface area contributed by atoms with Gasteiger partial charge < -0.3 is 5.11 Å². The normalized spacial score (nSPS) is 13.5. The van der Waals surface area contributed by atoms with Crippen LogP contribution in [0, 0.1) is 0 Å². The molecule has 0 aliphatic heterocycles. The molecule has 1 rings (SSSR count). The molecule has 0 aromatic heterocycles. The van der Waals surface area contributed by atoms with Gasteiger partial charge in [-0.1, -0.05) is 32.4 Å². The zero-order chi connectivity index (χ0) is 13.6. The summed E-state index contributed by atoms with van der Waals surface area (Å²) in [7, 11) is -3.49. The van der Waals surface area contributed by atoms with Crippen LogP contribution in [0.5, 0.6) is 0 Å². The summed E-state index contributed by atoms with van der Waals surface area (Å²) in [5, 5.41) is 9.02. The first-order valence-electron chi connectivity index (χ1n) is 6.25. The van der Waals surface area contributed by atoms with Gasteiger partial charge in [0.25, 0.3) is 0 Å². The summed E-state index contributed by atoms with van der Waals surface area (Å²) in [5.74, 6) is 0. The van der Waals surface area contributed by atoms with Crippen molar-refractivity contribution in [3.8, 4) is 0 Å². The monoisotopic (exact) mass is 271 g/mol. The Hall–Kier alpha value is -0.910. The molecule has 0 aliphatic rings. The van der Waals surface area contributed by atoms with Crippen molar-refractivity contribution in [2.75, 3.05) is 0 Å². The van der Waals surface area contributed by atoms with E-state index in [0.717, 1.165) is 19.3 Å². The lowest BCUT2D eigenvalue weighted by molar-refractivity contribution is 0.281. The van der Waals surface area contributed by atoms with Gasteiger partial charge in [-0.25, -0.2) is 13.1 Å². The molecule has 0 fully saturated rings. The second kappa shape index (κ2) is 6.87. The Balaban J connectivity index is 2.91. The molecule has 0 saturated heterocycles. The Morgan fingerprint density at radius 3 is 2.61 bits per heavy atom. The summed E-state index contributed by atoms with van der Waals surface area (Å²) >= 11 is 0. The number of hydrogen-bond acceptors (Lipinski definition) is 3. The number of rotatable bonds is 7. The second-order valence-corrected chi connectivity index (χ2v) is 6.03. The number of sulfonamides is 1. The smallest absolute Gasteiger partial charge is 0.240 e. The maximum atomic E-state index is 12.2. The van der Waals surface area contributed by atoms with Crippen molar-refractivity contribution in [3.05, 3.63) is 29.8 Å². The number of aliphatic hydroxyl groups is 1. The van der Waals surface area contributed by atoms with Crippen LogP contribution in [0.15, 0.2) is 29.2 Å². The average Bonchev–Trinajstić information content (AvgIpc) is 2.38. The molecule has 1 unspecified atom stereocenters. The minimum Gasteiger partial charge on any atom is -0.392 e. The number of aliphatic hydroxyl groups excluding tert-OH is 1. The largest absolute Gasteiger partial charge is 0.392 e. The lowest BCUT2D eigenvalue weighted by Crippen LogP contribution is -2.34. The van der Waals surface area contributed by atoms with Crippen LogP contribution in [0.1, 0.15) is 38.7 Å². The van der Waals surface area contributed by atoms with Gasteiger partial charge in [-0.2, -0.15) is 0 Å². The van der Waals surface area contributed by atoms with Crippen LogP contribution < -0.4 is 4.72 Å². The first-order valence-corrected chi connectivity index (χ1v) is 7.74. The molecule has 0 bridgehead atoms. The highest BCUT2D eigenvalue weighted by Crippen LogP contribution is 2.13. The maximum Gasteiger partial charge on any atom is 0.240 e. The lowest BCUT2D eigenvalue weighted by atomic mass is 10.1. The standard InChI is InChI=1S/C13H21NO3S/c1-3-6-12(4-2)14-18(16,17)13-8-5-7-11(9-13)10-15/h5,7-9,12,14-15H,3-4,6,10H2,1-2H3. The predicted molar refractivity (Wildman–Crippen MR) is 71.7 cm³/mol. The van der Waals surface area contributed by atoms with E-state index in [2.05, 4.69) is 4.72 Å². The van der Waals surface area contributed by atoms with Crippen LogP contribution in [-0.2, 0) is 16.6 Å². The average molecular weight is 271 g/mol. The van der Waals surface area contributed by atoms with Gasteiger partial charge in [0.1, 0.15) is 0 Å². The van der Waals surface area contributed by atoms with Gasteiger partial charge in [0, 0.05) is 6.04 Å². The minimum atomic E-state index is -3.49. The summed E-state index contributed by atoms with van der Waals surface area (Å²) in [6, 6.07) is 6.35. The van der Waals surface area contributed by atoms with Crippen molar-refractivity contribution in [3.63, 3.8) is 0 Å². The molecule has 1 aromatic rings. The van der Waals surface area contributed by atoms with Gasteiger partial charge >= 0.3 is 0 Å². The van der Waals surface area contributed by atoms with Crippen LogP contribution in [-0.4, -0.2) is 19.6 Å². The van der Waals surface area contributed by atoms with E-state index in [4.69, 9.17) is 5.11 Å². The van der Waals surface area contributed by atoms with Crippen molar-refractivity contribution >= 4 is 10.0 Å². The molecule has 5 heteroatoms. The van der Waals surface area contributed by atoms with Gasteiger partial charge in [0.05, 0.1) is 11.5 Å². The van der Waals surface area contributed by atoms with Gasteiger partial charge in [0.15, 0.2) is 0 Å². The fourth-order valence-corrected chi connectivity index (χ4v) is 3.22. The predicted octanol–water partition coefficient (Wildman–Crippen LogP) is 2.04. The molecule has 0 aliphatic carbocycles. The molecule has 0 spiro atoms. The van der Waals surface area contributed by atoms with Gasteiger partial charge in [-0.3, -0.25) is 0 Å². The third-order valence-corrected chi connectivity index (χ3v) is 4.36. The van der Waals surface area contributed by atoms with Gasteiger partial charge in [-0.05, 0) is 30.5 Å². The fourth-order valence-electron chi connectivity index (χ4n) is 1.79. The van der Waals surface area contributed by atoms with Crippen molar-refractivity contribution < 1.29 is 13.5 Å². The Kier molecular flexibility index (Phi) is 5.78. The first-order chi connectivity index (χ1) is 8.53. The number of benzene rings is 1. The van der Waals surface area contributed by atoms with Crippen molar-refractivity contribution in [2.24, 2.45) is 0 Å². The highest BCUT2D eigenvalue weighted by atomic mass is 32.2. The van der Waals surface area contributed by atoms with Crippen LogP contribution >= 0.6 is 0 Å². The Labute approximate surface area is 109 Å². The molecule has 4 nitrogen and oxygen atoms in total. The van der Waals surface area contributed by atoms with Crippen molar-refractivity contribution in [2.45, 2.75) is 50.7 Å². The van der Waals surface area contributed by atoms with E-state index >= 15 is 0 Å². The number of hydrogen-bond donors (Lipinski definition) is 2. The van der Waals surface area contributed by atoms with Crippen molar-refractivity contribution in [1.82, 2.24) is 4.72 Å². The van der Waals surface area contributed by atoms with E-state index in [1.165, 1.54) is 6.07 Å². The molecule has 2 N–H and O–H groups in total. The van der Waals surface area contributed by atoms with E-state index in [9.17, 15) is 8.42 Å². The fraction of sp³-hybridized carbons (Fsp3) is 0.538. The molecular formula is C13H21NO3S. The molecule has 0 heterocycles. The third-order valence-electron chi connectivity index (χ3n) is 2.84. The zero-order valence-corrected chi connectivity index (χ0v) is 11.7. The first kappa shape index (κ1) is 15.1. The quantitative estimate of drug-likeness (QED) is 0.797. The van der Waals surface area contributed by atoms with E-state index in [1.54, 1.807) is 18.2 Å². The summed E-state index contributed by atoms with van der Waals surface area (Å²) < 4.78 is 27.0. The SMILES string of the molecule is CCCC(CC)NS(=O)(=O)c1cccc(CO)c1. The Bertz CT molecular complexity index is 471. The lowest BCUT2D eigenvalue weighted by Gasteiger charge is -2.16. The molecule has 0 saturated carbocycles. The van der Waals surface area contributed by atoms with Crippen molar-refractivity contribution in [1.29, 1.82) is 0 Å². The summed E-state index contributed by atoms with van der Waals surface area (Å²) in [4.78, 5) is 0.212. The Morgan fingerprint density at radius 1 is 1.33 bits per heavy atom. The molecular weight excluding hydrogens is 250 g/mol. The maximum absolute atomic E-state index is 12.2. The molecule has 102 valence electrons. The summed E-state index contributed by atoms with van der Waals surface area (Å²) in [6.07, 6.45) is 2.54. The van der Waals surface area contributed by atoms with Crippen LogP contribution in [0.3, 0.4) is 0 Å². The highest BCUT2D eigenvalue weighted by Gasteiger charge is 2.18. The molecule has 1 aromatic carbocycles. The zero-order valence-electron chi connectivity index (χ0n) is 10.9. The van der Waals surface area contributed by atoms with Crippen LogP contribution in [0.2, 0.25) is 0 Å². The summed E-state index contributed by atoms with van der Waals surface area (Å²) in [6.45, 7) is 3.84. The van der Waals surface area contributed by atoms with Crippen LogP contribution in [0.4, 0.5) is 0 Å².